The minimum Gasteiger partial charge on any atom is -0.465 e. The van der Waals surface area contributed by atoms with Gasteiger partial charge in [-0.15, -0.1) is 0 Å². The van der Waals surface area contributed by atoms with Crippen LogP contribution in [0.25, 0.3) is 0 Å². The molecule has 0 bridgehead atoms. The van der Waals surface area contributed by atoms with Crippen molar-refractivity contribution in [1.82, 2.24) is 4.90 Å². The Balaban J connectivity index is 1.64. The first kappa shape index (κ1) is 15.2. The summed E-state index contributed by atoms with van der Waals surface area (Å²) in [7, 11) is 0. The van der Waals surface area contributed by atoms with Crippen molar-refractivity contribution in [1.29, 1.82) is 0 Å². The standard InChI is InChI=1S/C19H26N2O/c1-14-6-5-7-18(10-14)21-9-8-20(12-16(21)3)13-19-11-15(2)17(4)22-19/h5-7,10-11,16H,8-9,12-13H2,1-4H3. The first-order valence-electron chi connectivity index (χ1n) is 8.14. The lowest BCUT2D eigenvalue weighted by Gasteiger charge is -2.41. The monoisotopic (exact) mass is 298 g/mol. The molecule has 2 aromatic rings. The van der Waals surface area contributed by atoms with E-state index in [0.717, 1.165) is 37.7 Å². The second kappa shape index (κ2) is 6.17. The molecule has 1 aromatic heterocycles. The molecular formula is C19H26N2O. The van der Waals surface area contributed by atoms with Crippen LogP contribution in [0.3, 0.4) is 0 Å². The molecular weight excluding hydrogens is 272 g/mol. The largest absolute Gasteiger partial charge is 0.465 e. The summed E-state index contributed by atoms with van der Waals surface area (Å²) in [4.78, 5) is 5.01. The van der Waals surface area contributed by atoms with E-state index < -0.39 is 0 Å². The minimum absolute atomic E-state index is 0.521. The van der Waals surface area contributed by atoms with E-state index in [2.05, 4.69) is 60.9 Å². The van der Waals surface area contributed by atoms with Crippen LogP contribution in [0.1, 0.15) is 29.6 Å². The molecule has 0 aliphatic carbocycles. The smallest absolute Gasteiger partial charge is 0.118 e. The van der Waals surface area contributed by atoms with Gasteiger partial charge in [-0.1, -0.05) is 12.1 Å². The molecule has 1 saturated heterocycles. The molecule has 3 rings (SSSR count). The lowest BCUT2D eigenvalue weighted by molar-refractivity contribution is 0.204. The van der Waals surface area contributed by atoms with Crippen LogP contribution in [0, 0.1) is 20.8 Å². The second-order valence-corrected chi connectivity index (χ2v) is 6.57. The first-order valence-corrected chi connectivity index (χ1v) is 8.14. The Morgan fingerprint density at radius 2 is 1.95 bits per heavy atom. The zero-order valence-corrected chi connectivity index (χ0v) is 14.1. The Morgan fingerprint density at radius 1 is 1.14 bits per heavy atom. The van der Waals surface area contributed by atoms with E-state index in [9.17, 15) is 0 Å². The predicted octanol–water partition coefficient (Wildman–Crippen LogP) is 3.92. The van der Waals surface area contributed by atoms with E-state index in [-0.39, 0.29) is 0 Å². The number of benzene rings is 1. The van der Waals surface area contributed by atoms with Crippen LogP contribution >= 0.6 is 0 Å². The van der Waals surface area contributed by atoms with Crippen molar-refractivity contribution in [2.45, 2.75) is 40.3 Å². The van der Waals surface area contributed by atoms with Crippen molar-refractivity contribution >= 4 is 5.69 Å². The Hall–Kier alpha value is -1.74. The third-order valence-corrected chi connectivity index (χ3v) is 4.64. The fourth-order valence-corrected chi connectivity index (χ4v) is 3.31. The van der Waals surface area contributed by atoms with Gasteiger partial charge in [0.05, 0.1) is 6.54 Å². The Kier molecular flexibility index (Phi) is 4.25. The van der Waals surface area contributed by atoms with Gasteiger partial charge in [0.1, 0.15) is 11.5 Å². The molecule has 1 aliphatic rings. The highest BCUT2D eigenvalue weighted by atomic mass is 16.3. The SMILES string of the molecule is Cc1cccc(N2CCN(Cc3cc(C)c(C)o3)CC2C)c1. The Morgan fingerprint density at radius 3 is 2.59 bits per heavy atom. The highest BCUT2D eigenvalue weighted by Gasteiger charge is 2.24. The maximum absolute atomic E-state index is 5.82. The molecule has 3 nitrogen and oxygen atoms in total. The normalized spacial score (nSPS) is 19.6. The number of furan rings is 1. The molecule has 0 amide bonds. The van der Waals surface area contributed by atoms with Gasteiger partial charge in [0, 0.05) is 31.4 Å². The number of anilines is 1. The van der Waals surface area contributed by atoms with E-state index in [1.54, 1.807) is 0 Å². The van der Waals surface area contributed by atoms with Gasteiger partial charge in [-0.25, -0.2) is 0 Å². The van der Waals surface area contributed by atoms with Gasteiger partial charge in [-0.3, -0.25) is 4.90 Å². The van der Waals surface area contributed by atoms with Crippen molar-refractivity contribution in [3.63, 3.8) is 0 Å². The third-order valence-electron chi connectivity index (χ3n) is 4.64. The van der Waals surface area contributed by atoms with E-state index in [4.69, 9.17) is 4.42 Å². The van der Waals surface area contributed by atoms with Crippen LogP contribution in [0.2, 0.25) is 0 Å². The predicted molar refractivity (Wildman–Crippen MR) is 91.4 cm³/mol. The van der Waals surface area contributed by atoms with Gasteiger partial charge in [0.15, 0.2) is 0 Å². The summed E-state index contributed by atoms with van der Waals surface area (Å²) < 4.78 is 5.82. The number of nitrogens with zero attached hydrogens (tertiary/aromatic N) is 2. The molecule has 22 heavy (non-hydrogen) atoms. The molecule has 1 unspecified atom stereocenters. The molecule has 1 atom stereocenters. The molecule has 118 valence electrons. The third kappa shape index (κ3) is 3.20. The minimum atomic E-state index is 0.521. The molecule has 3 heteroatoms. The first-order chi connectivity index (χ1) is 10.5. The van der Waals surface area contributed by atoms with Crippen molar-refractivity contribution in [3.8, 4) is 0 Å². The Bertz CT molecular complexity index is 627. The molecule has 0 radical (unpaired) electrons. The molecule has 0 N–H and O–H groups in total. The number of hydrogen-bond acceptors (Lipinski definition) is 3. The van der Waals surface area contributed by atoms with Gasteiger partial charge in [0.25, 0.3) is 0 Å². The number of hydrogen-bond donors (Lipinski definition) is 0. The Labute approximate surface area is 133 Å². The van der Waals surface area contributed by atoms with Crippen molar-refractivity contribution < 1.29 is 4.42 Å². The number of aryl methyl sites for hydroxylation is 3. The van der Waals surface area contributed by atoms with E-state index in [1.165, 1.54) is 16.8 Å². The van der Waals surface area contributed by atoms with Crippen LogP contribution in [0.15, 0.2) is 34.7 Å². The van der Waals surface area contributed by atoms with E-state index in [1.807, 2.05) is 6.92 Å². The summed E-state index contributed by atoms with van der Waals surface area (Å²) in [6.45, 7) is 12.8. The van der Waals surface area contributed by atoms with Gasteiger partial charge in [-0.2, -0.15) is 0 Å². The molecule has 1 aromatic carbocycles. The number of rotatable bonds is 3. The van der Waals surface area contributed by atoms with E-state index in [0.29, 0.717) is 6.04 Å². The summed E-state index contributed by atoms with van der Waals surface area (Å²) in [5.41, 5.74) is 3.92. The van der Waals surface area contributed by atoms with Gasteiger partial charge >= 0.3 is 0 Å². The van der Waals surface area contributed by atoms with Crippen LogP contribution < -0.4 is 4.90 Å². The lowest BCUT2D eigenvalue weighted by Crippen LogP contribution is -2.51. The van der Waals surface area contributed by atoms with Crippen molar-refractivity contribution in [2.24, 2.45) is 0 Å². The second-order valence-electron chi connectivity index (χ2n) is 6.57. The van der Waals surface area contributed by atoms with Crippen LogP contribution in [-0.4, -0.2) is 30.6 Å². The molecule has 0 saturated carbocycles. The summed E-state index contributed by atoms with van der Waals surface area (Å²) in [5, 5.41) is 0. The van der Waals surface area contributed by atoms with Crippen LogP contribution in [0.5, 0.6) is 0 Å². The van der Waals surface area contributed by atoms with E-state index >= 15 is 0 Å². The zero-order chi connectivity index (χ0) is 15.7. The summed E-state index contributed by atoms with van der Waals surface area (Å²) in [6, 6.07) is 11.5. The van der Waals surface area contributed by atoms with Gasteiger partial charge in [0.2, 0.25) is 0 Å². The summed E-state index contributed by atoms with van der Waals surface area (Å²) in [6.07, 6.45) is 0. The van der Waals surface area contributed by atoms with Crippen molar-refractivity contribution in [3.05, 3.63) is 53.0 Å². The fraction of sp³-hybridized carbons (Fsp3) is 0.474. The summed E-state index contributed by atoms with van der Waals surface area (Å²) in [5.74, 6) is 2.13. The average Bonchev–Trinajstić information content (AvgIpc) is 2.77. The molecule has 1 aliphatic heterocycles. The molecule has 2 heterocycles. The van der Waals surface area contributed by atoms with Crippen LogP contribution in [-0.2, 0) is 6.54 Å². The maximum atomic E-state index is 5.82. The van der Waals surface area contributed by atoms with Gasteiger partial charge < -0.3 is 9.32 Å². The highest BCUT2D eigenvalue weighted by molar-refractivity contribution is 5.49. The highest BCUT2D eigenvalue weighted by Crippen LogP contribution is 2.23. The molecule has 0 spiro atoms. The van der Waals surface area contributed by atoms with Gasteiger partial charge in [-0.05, 0) is 57.0 Å². The topological polar surface area (TPSA) is 19.6 Å². The zero-order valence-electron chi connectivity index (χ0n) is 14.1. The van der Waals surface area contributed by atoms with Crippen molar-refractivity contribution in [2.75, 3.05) is 24.5 Å². The number of piperazine rings is 1. The lowest BCUT2D eigenvalue weighted by atomic mass is 10.1. The maximum Gasteiger partial charge on any atom is 0.118 e. The quantitative estimate of drug-likeness (QED) is 0.856. The fourth-order valence-electron chi connectivity index (χ4n) is 3.31. The average molecular weight is 298 g/mol. The summed E-state index contributed by atoms with van der Waals surface area (Å²) >= 11 is 0. The molecule has 1 fully saturated rings. The van der Waals surface area contributed by atoms with Crippen LogP contribution in [0.4, 0.5) is 5.69 Å².